The van der Waals surface area contributed by atoms with Crippen molar-refractivity contribution >= 4 is 5.91 Å². The number of hydrogen-bond donors (Lipinski definition) is 0. The first-order chi connectivity index (χ1) is 10.1. The standard InChI is InChI=1S/C16H18FN3O/c1-19-11-13(10-18-19)15-7-2-3-8-20(15)16(21)12-5-4-6-14(17)9-12/h4-6,9-11,15H,2-3,7-8H2,1H3/t15-/m0/s1. The third-order valence-electron chi connectivity index (χ3n) is 3.94. The summed E-state index contributed by atoms with van der Waals surface area (Å²) >= 11 is 0. The highest BCUT2D eigenvalue weighted by molar-refractivity contribution is 5.94. The van der Waals surface area contributed by atoms with Crippen LogP contribution in [0, 0.1) is 5.82 Å². The van der Waals surface area contributed by atoms with E-state index in [0.29, 0.717) is 12.1 Å². The number of piperidine rings is 1. The molecule has 0 saturated carbocycles. The number of benzene rings is 1. The quantitative estimate of drug-likeness (QED) is 0.851. The van der Waals surface area contributed by atoms with Gasteiger partial charge < -0.3 is 4.90 Å². The Labute approximate surface area is 123 Å². The second-order valence-corrected chi connectivity index (χ2v) is 5.47. The van der Waals surface area contributed by atoms with Crippen LogP contribution in [0.1, 0.15) is 41.2 Å². The Kier molecular flexibility index (Phi) is 3.73. The number of nitrogens with zero attached hydrogens (tertiary/aromatic N) is 3. The molecule has 0 N–H and O–H groups in total. The average Bonchev–Trinajstić information content (AvgIpc) is 2.93. The summed E-state index contributed by atoms with van der Waals surface area (Å²) in [5.41, 5.74) is 1.45. The fourth-order valence-electron chi connectivity index (χ4n) is 2.92. The predicted octanol–water partition coefficient (Wildman–Crippen LogP) is 2.93. The highest BCUT2D eigenvalue weighted by atomic mass is 19.1. The van der Waals surface area contributed by atoms with E-state index in [9.17, 15) is 9.18 Å². The summed E-state index contributed by atoms with van der Waals surface area (Å²) in [5.74, 6) is -0.487. The fourth-order valence-corrected chi connectivity index (χ4v) is 2.92. The number of amides is 1. The number of carbonyl (C=O) groups is 1. The van der Waals surface area contributed by atoms with Gasteiger partial charge in [0, 0.05) is 30.9 Å². The number of carbonyl (C=O) groups excluding carboxylic acids is 1. The van der Waals surface area contributed by atoms with Crippen LogP contribution < -0.4 is 0 Å². The number of rotatable bonds is 2. The van der Waals surface area contributed by atoms with Crippen LogP contribution >= 0.6 is 0 Å². The zero-order valence-corrected chi connectivity index (χ0v) is 12.0. The van der Waals surface area contributed by atoms with Gasteiger partial charge in [-0.15, -0.1) is 0 Å². The van der Waals surface area contributed by atoms with Gasteiger partial charge in [0.15, 0.2) is 0 Å². The van der Waals surface area contributed by atoms with Crippen molar-refractivity contribution in [3.8, 4) is 0 Å². The lowest BCUT2D eigenvalue weighted by Crippen LogP contribution is -2.38. The molecular weight excluding hydrogens is 269 g/mol. The third kappa shape index (κ3) is 2.82. The summed E-state index contributed by atoms with van der Waals surface area (Å²) in [7, 11) is 1.87. The summed E-state index contributed by atoms with van der Waals surface area (Å²) in [6.45, 7) is 0.703. The molecule has 1 saturated heterocycles. The Morgan fingerprint density at radius 2 is 2.24 bits per heavy atom. The number of halogens is 1. The minimum absolute atomic E-state index is 0.0308. The Balaban J connectivity index is 1.89. The van der Waals surface area contributed by atoms with Crippen molar-refractivity contribution in [2.45, 2.75) is 25.3 Å². The maximum atomic E-state index is 13.3. The number of aryl methyl sites for hydroxylation is 1. The van der Waals surface area contributed by atoms with Crippen molar-refractivity contribution in [3.63, 3.8) is 0 Å². The Hall–Kier alpha value is -2.17. The summed E-state index contributed by atoms with van der Waals surface area (Å²) in [6.07, 6.45) is 6.75. The highest BCUT2D eigenvalue weighted by Crippen LogP contribution is 2.31. The van der Waals surface area contributed by atoms with Gasteiger partial charge in [-0.05, 0) is 37.5 Å². The molecule has 5 heteroatoms. The van der Waals surface area contributed by atoms with Crippen LogP contribution in [-0.2, 0) is 7.05 Å². The summed E-state index contributed by atoms with van der Waals surface area (Å²) in [6, 6.07) is 5.93. The molecule has 1 aromatic carbocycles. The van der Waals surface area contributed by atoms with E-state index in [1.54, 1.807) is 16.8 Å². The van der Waals surface area contributed by atoms with Crippen LogP contribution in [0.5, 0.6) is 0 Å². The number of aromatic nitrogens is 2. The average molecular weight is 287 g/mol. The van der Waals surface area contributed by atoms with E-state index in [2.05, 4.69) is 5.10 Å². The molecule has 1 atom stereocenters. The Morgan fingerprint density at radius 3 is 2.95 bits per heavy atom. The van der Waals surface area contributed by atoms with Crippen molar-refractivity contribution in [1.82, 2.24) is 14.7 Å². The fraction of sp³-hybridized carbons (Fsp3) is 0.375. The van der Waals surface area contributed by atoms with Gasteiger partial charge in [0.2, 0.25) is 0 Å². The van der Waals surface area contributed by atoms with E-state index in [-0.39, 0.29) is 17.8 Å². The van der Waals surface area contributed by atoms with Crippen LogP contribution in [0.15, 0.2) is 36.7 Å². The van der Waals surface area contributed by atoms with E-state index in [0.717, 1.165) is 24.8 Å². The van der Waals surface area contributed by atoms with Crippen LogP contribution in [0.2, 0.25) is 0 Å². The maximum absolute atomic E-state index is 13.3. The molecule has 0 radical (unpaired) electrons. The lowest BCUT2D eigenvalue weighted by Gasteiger charge is -2.35. The minimum Gasteiger partial charge on any atom is -0.331 e. The van der Waals surface area contributed by atoms with Crippen LogP contribution in [0.4, 0.5) is 4.39 Å². The van der Waals surface area contributed by atoms with Crippen molar-refractivity contribution in [3.05, 3.63) is 53.6 Å². The van der Waals surface area contributed by atoms with Gasteiger partial charge in [-0.1, -0.05) is 6.07 Å². The molecule has 1 aliphatic rings. The molecule has 2 heterocycles. The first kappa shape index (κ1) is 13.8. The summed E-state index contributed by atoms with van der Waals surface area (Å²) in [4.78, 5) is 14.5. The largest absolute Gasteiger partial charge is 0.331 e. The van der Waals surface area contributed by atoms with E-state index in [1.165, 1.54) is 12.1 Å². The molecule has 0 bridgehead atoms. The molecular formula is C16H18FN3O. The molecule has 4 nitrogen and oxygen atoms in total. The number of hydrogen-bond acceptors (Lipinski definition) is 2. The monoisotopic (exact) mass is 287 g/mol. The molecule has 2 aromatic rings. The van der Waals surface area contributed by atoms with Gasteiger partial charge in [0.05, 0.1) is 12.2 Å². The van der Waals surface area contributed by atoms with Crippen LogP contribution in [0.3, 0.4) is 0 Å². The lowest BCUT2D eigenvalue weighted by molar-refractivity contribution is 0.0611. The first-order valence-corrected chi connectivity index (χ1v) is 7.20. The molecule has 1 fully saturated rings. The van der Waals surface area contributed by atoms with Gasteiger partial charge in [0.1, 0.15) is 5.82 Å². The molecule has 0 aliphatic carbocycles. The van der Waals surface area contributed by atoms with Crippen LogP contribution in [0.25, 0.3) is 0 Å². The summed E-state index contributed by atoms with van der Waals surface area (Å²) in [5, 5.41) is 4.19. The van der Waals surface area contributed by atoms with Crippen molar-refractivity contribution in [1.29, 1.82) is 0 Å². The lowest BCUT2D eigenvalue weighted by atomic mass is 9.96. The molecule has 1 aliphatic heterocycles. The topological polar surface area (TPSA) is 38.1 Å². The summed E-state index contributed by atoms with van der Waals surface area (Å²) < 4.78 is 15.1. The van der Waals surface area contributed by atoms with Crippen LogP contribution in [-0.4, -0.2) is 27.1 Å². The minimum atomic E-state index is -0.379. The molecule has 110 valence electrons. The maximum Gasteiger partial charge on any atom is 0.254 e. The first-order valence-electron chi connectivity index (χ1n) is 7.20. The predicted molar refractivity (Wildman–Crippen MR) is 77.2 cm³/mol. The smallest absolute Gasteiger partial charge is 0.254 e. The highest BCUT2D eigenvalue weighted by Gasteiger charge is 2.29. The molecule has 1 aromatic heterocycles. The number of likely N-dealkylation sites (tertiary alicyclic amines) is 1. The van der Waals surface area contributed by atoms with Crippen molar-refractivity contribution in [2.24, 2.45) is 7.05 Å². The third-order valence-corrected chi connectivity index (χ3v) is 3.94. The molecule has 0 spiro atoms. The van der Waals surface area contributed by atoms with Gasteiger partial charge in [-0.2, -0.15) is 5.10 Å². The second kappa shape index (κ2) is 5.68. The van der Waals surface area contributed by atoms with E-state index in [4.69, 9.17) is 0 Å². The van der Waals surface area contributed by atoms with Gasteiger partial charge in [-0.25, -0.2) is 4.39 Å². The Morgan fingerprint density at radius 1 is 1.38 bits per heavy atom. The molecule has 1 amide bonds. The van der Waals surface area contributed by atoms with Crippen molar-refractivity contribution in [2.75, 3.05) is 6.54 Å². The van der Waals surface area contributed by atoms with E-state index >= 15 is 0 Å². The van der Waals surface area contributed by atoms with Gasteiger partial charge in [0.25, 0.3) is 5.91 Å². The molecule has 21 heavy (non-hydrogen) atoms. The Bertz CT molecular complexity index is 652. The molecule has 3 rings (SSSR count). The van der Waals surface area contributed by atoms with Gasteiger partial charge in [-0.3, -0.25) is 9.48 Å². The zero-order chi connectivity index (χ0) is 14.8. The van der Waals surface area contributed by atoms with Gasteiger partial charge >= 0.3 is 0 Å². The zero-order valence-electron chi connectivity index (χ0n) is 12.0. The van der Waals surface area contributed by atoms with Crippen molar-refractivity contribution < 1.29 is 9.18 Å². The second-order valence-electron chi connectivity index (χ2n) is 5.47. The van der Waals surface area contributed by atoms with E-state index < -0.39 is 0 Å². The molecule has 0 unspecified atom stereocenters. The normalized spacial score (nSPS) is 18.8. The SMILES string of the molecule is Cn1cc([C@@H]2CCCCN2C(=O)c2cccc(F)c2)cn1. The van der Waals surface area contributed by atoms with E-state index in [1.807, 2.05) is 24.3 Å².